The molecule has 244 valence electrons. The zero-order valence-corrected chi connectivity index (χ0v) is 29.7. The van der Waals surface area contributed by atoms with Crippen molar-refractivity contribution in [2.24, 2.45) is 0 Å². The fourth-order valence-electron chi connectivity index (χ4n) is 7.96. The molecule has 0 saturated carbocycles. The van der Waals surface area contributed by atoms with Gasteiger partial charge in [0.05, 0.1) is 5.52 Å². The number of furan rings is 1. The van der Waals surface area contributed by atoms with Crippen molar-refractivity contribution in [1.82, 2.24) is 4.57 Å². The molecule has 0 bridgehead atoms. The van der Waals surface area contributed by atoms with Crippen LogP contribution in [0.25, 0.3) is 79.9 Å². The van der Waals surface area contributed by atoms with Gasteiger partial charge in [0, 0.05) is 16.5 Å². The Morgan fingerprint density at radius 3 is 1.88 bits per heavy atom. The van der Waals surface area contributed by atoms with Gasteiger partial charge in [0.2, 0.25) is 0 Å². The van der Waals surface area contributed by atoms with Crippen LogP contribution in [0.2, 0.25) is 0 Å². The summed E-state index contributed by atoms with van der Waals surface area (Å²) in [6.45, 7) is 0. The third-order valence-corrected chi connectivity index (χ3v) is 12.8. The smallest absolute Gasteiger partial charge is 0.0602 e. The van der Waals surface area contributed by atoms with Gasteiger partial charge in [-0.1, -0.05) is 36.4 Å². The molecule has 0 atom stereocenters. The van der Waals surface area contributed by atoms with Crippen LogP contribution in [0.5, 0.6) is 0 Å². The molecule has 11 aromatic rings. The van der Waals surface area contributed by atoms with Gasteiger partial charge >= 0.3 is 226 Å². The molecule has 0 unspecified atom stereocenters. The minimum absolute atomic E-state index is 0.317. The molecule has 0 radical (unpaired) electrons. The molecule has 0 N–H and O–H groups in total. The minimum Gasteiger partial charge on any atom is -0.0602 e. The maximum atomic E-state index is 6.38. The monoisotopic (exact) mass is 730 g/mol. The van der Waals surface area contributed by atoms with E-state index in [-0.39, 0.29) is 0 Å². The summed E-state index contributed by atoms with van der Waals surface area (Å²) < 4.78 is 11.6. The zero-order valence-electron chi connectivity index (χ0n) is 28.0. The van der Waals surface area contributed by atoms with Crippen LogP contribution in [0.4, 0.5) is 17.1 Å². The number of benzene rings is 8. The minimum atomic E-state index is 0.317. The van der Waals surface area contributed by atoms with Gasteiger partial charge in [0.25, 0.3) is 0 Å². The molecule has 3 nitrogen and oxygen atoms in total. The Morgan fingerprint density at radius 2 is 1.00 bits per heavy atom. The Bertz CT molecular complexity index is 3130. The van der Waals surface area contributed by atoms with E-state index >= 15 is 0 Å². The summed E-state index contributed by atoms with van der Waals surface area (Å²) >= 11 is 0.317. The summed E-state index contributed by atoms with van der Waals surface area (Å²) in [6.07, 6.45) is 0. The predicted octanol–water partition coefficient (Wildman–Crippen LogP) is 13.2. The number of hydrogen-bond acceptors (Lipinski definition) is 2. The molecule has 0 amide bonds. The van der Waals surface area contributed by atoms with Gasteiger partial charge in [-0.25, -0.2) is 0 Å². The average Bonchev–Trinajstić information content (AvgIpc) is 3.87. The van der Waals surface area contributed by atoms with Crippen molar-refractivity contribution in [2.45, 2.75) is 0 Å². The Balaban J connectivity index is 1.06. The molecule has 0 fully saturated rings. The molecule has 0 saturated heterocycles. The average molecular weight is 730 g/mol. The molecule has 52 heavy (non-hydrogen) atoms. The Labute approximate surface area is 305 Å². The predicted molar refractivity (Wildman–Crippen MR) is 220 cm³/mol. The summed E-state index contributed by atoms with van der Waals surface area (Å²) in [5, 5.41) is 7.47. The topological polar surface area (TPSA) is 21.3 Å². The quantitative estimate of drug-likeness (QED) is 0.165. The molecule has 0 spiro atoms. The van der Waals surface area contributed by atoms with Crippen LogP contribution in [0.1, 0.15) is 0 Å². The summed E-state index contributed by atoms with van der Waals surface area (Å²) in [6, 6.07) is 65.9. The van der Waals surface area contributed by atoms with Gasteiger partial charge in [-0.2, -0.15) is 0 Å². The van der Waals surface area contributed by atoms with E-state index < -0.39 is 0 Å². The SMILES string of the molecule is c1ccc(-n2c3ccccc3c3ccc(-c4ccc(N(c5ccc6c(c5)oc5ccccc56)c5ccc6[se]c7ccccc7c6c5)cc4)cc32)cc1. The van der Waals surface area contributed by atoms with Crippen LogP contribution in [-0.4, -0.2) is 19.1 Å². The van der Waals surface area contributed by atoms with E-state index in [1.54, 1.807) is 0 Å². The molecule has 4 heteroatoms. The summed E-state index contributed by atoms with van der Waals surface area (Å²) in [7, 11) is 0. The molecule has 11 rings (SSSR count). The van der Waals surface area contributed by atoms with Gasteiger partial charge in [-0.05, 0) is 18.2 Å². The maximum absolute atomic E-state index is 6.38. The van der Waals surface area contributed by atoms with E-state index in [0.717, 1.165) is 44.7 Å². The second-order valence-corrected chi connectivity index (χ2v) is 15.6. The first-order valence-electron chi connectivity index (χ1n) is 17.6. The van der Waals surface area contributed by atoms with E-state index in [1.165, 1.54) is 52.2 Å². The molecule has 0 aliphatic heterocycles. The van der Waals surface area contributed by atoms with Crippen LogP contribution in [0.15, 0.2) is 186 Å². The van der Waals surface area contributed by atoms with E-state index in [4.69, 9.17) is 4.42 Å². The van der Waals surface area contributed by atoms with Crippen molar-refractivity contribution < 1.29 is 4.42 Å². The summed E-state index contributed by atoms with van der Waals surface area (Å²) in [5.41, 5.74) is 11.0. The fraction of sp³-hybridized carbons (Fsp3) is 0. The fourth-order valence-corrected chi connectivity index (χ4v) is 10.2. The first-order chi connectivity index (χ1) is 25.8. The van der Waals surface area contributed by atoms with E-state index in [0.29, 0.717) is 14.5 Å². The third-order valence-electron chi connectivity index (χ3n) is 10.4. The number of hydrogen-bond donors (Lipinski definition) is 0. The third kappa shape index (κ3) is 4.59. The van der Waals surface area contributed by atoms with Crippen molar-refractivity contribution in [3.63, 3.8) is 0 Å². The van der Waals surface area contributed by atoms with Crippen molar-refractivity contribution in [2.75, 3.05) is 4.90 Å². The van der Waals surface area contributed by atoms with Crippen molar-refractivity contribution in [3.8, 4) is 16.8 Å². The number of anilines is 3. The number of para-hydroxylation sites is 3. The molecular weight excluding hydrogens is 700 g/mol. The van der Waals surface area contributed by atoms with Crippen molar-refractivity contribution in [3.05, 3.63) is 182 Å². The van der Waals surface area contributed by atoms with E-state index in [1.807, 2.05) is 12.1 Å². The first-order valence-corrected chi connectivity index (χ1v) is 19.3. The van der Waals surface area contributed by atoms with Crippen LogP contribution >= 0.6 is 0 Å². The van der Waals surface area contributed by atoms with Crippen LogP contribution in [0.3, 0.4) is 0 Å². The Morgan fingerprint density at radius 1 is 0.385 bits per heavy atom. The molecular formula is C48H30N2OSe. The standard InChI is InChI=1S/C48H30N2OSe/c1-2-10-33(11-3-1)50-43-15-7-4-12-37(43)38-25-20-32(28-44(38)50)31-18-21-34(22-19-31)49(35-24-27-48-42(29-35)41-14-6-9-17-47(41)52-48)36-23-26-40-39-13-5-8-16-45(39)51-46(40)30-36/h1-30H. The van der Waals surface area contributed by atoms with Gasteiger partial charge in [0.1, 0.15) is 0 Å². The van der Waals surface area contributed by atoms with Gasteiger partial charge in [-0.15, -0.1) is 0 Å². The Kier molecular flexibility index (Phi) is 6.57. The number of aromatic nitrogens is 1. The molecule has 3 aromatic heterocycles. The molecule has 8 aromatic carbocycles. The molecule has 0 aliphatic carbocycles. The second-order valence-electron chi connectivity index (χ2n) is 13.4. The zero-order chi connectivity index (χ0) is 34.2. The van der Waals surface area contributed by atoms with Crippen molar-refractivity contribution >= 4 is 94.6 Å². The van der Waals surface area contributed by atoms with Crippen molar-refractivity contribution in [1.29, 1.82) is 0 Å². The van der Waals surface area contributed by atoms with Gasteiger partial charge < -0.3 is 4.57 Å². The van der Waals surface area contributed by atoms with Gasteiger partial charge in [-0.3, -0.25) is 0 Å². The summed E-state index contributed by atoms with van der Waals surface area (Å²) in [5.74, 6) is 0. The number of rotatable bonds is 5. The molecule has 0 aliphatic rings. The second kappa shape index (κ2) is 11.6. The molecule has 3 heterocycles. The van der Waals surface area contributed by atoms with Crippen LogP contribution < -0.4 is 4.90 Å². The van der Waals surface area contributed by atoms with Crippen LogP contribution in [0, 0.1) is 0 Å². The van der Waals surface area contributed by atoms with E-state index in [9.17, 15) is 0 Å². The van der Waals surface area contributed by atoms with E-state index in [2.05, 4.69) is 179 Å². The number of fused-ring (bicyclic) bond motifs is 9. The van der Waals surface area contributed by atoms with Gasteiger partial charge in [0.15, 0.2) is 0 Å². The van der Waals surface area contributed by atoms with Crippen LogP contribution in [-0.2, 0) is 0 Å². The Hall–Kier alpha value is -6.32. The normalized spacial score (nSPS) is 11.8. The first kappa shape index (κ1) is 29.4. The summed E-state index contributed by atoms with van der Waals surface area (Å²) in [4.78, 5) is 2.36. The number of nitrogens with zero attached hydrogens (tertiary/aromatic N) is 2.